The van der Waals surface area contributed by atoms with E-state index in [1.807, 2.05) is 55.5 Å². The Hall–Kier alpha value is -2.44. The number of para-hydroxylation sites is 2. The second kappa shape index (κ2) is 6.76. The molecule has 0 saturated carbocycles. The van der Waals surface area contributed by atoms with Crippen molar-refractivity contribution in [2.24, 2.45) is 0 Å². The molecule has 2 aromatic carbocycles. The maximum atomic E-state index is 10.5. The van der Waals surface area contributed by atoms with Gasteiger partial charge in [0.1, 0.15) is 11.9 Å². The summed E-state index contributed by atoms with van der Waals surface area (Å²) in [5, 5.41) is 23.1. The zero-order valence-corrected chi connectivity index (χ0v) is 13.7. The van der Waals surface area contributed by atoms with E-state index in [-0.39, 0.29) is 0 Å². The molecule has 0 bridgehead atoms. The first kappa shape index (κ1) is 15.5. The van der Waals surface area contributed by atoms with Crippen LogP contribution in [-0.2, 0) is 0 Å². The molecule has 1 heterocycles. The van der Waals surface area contributed by atoms with Crippen molar-refractivity contribution in [1.29, 1.82) is 0 Å². The van der Waals surface area contributed by atoms with Crippen molar-refractivity contribution in [2.75, 3.05) is 12.4 Å². The lowest BCUT2D eigenvalue weighted by atomic mass is 10.1. The van der Waals surface area contributed by atoms with Crippen LogP contribution in [0, 0.1) is 6.92 Å². The van der Waals surface area contributed by atoms with E-state index in [1.54, 1.807) is 7.11 Å². The standard InChI is InChI=1S/C17H17N3O2S/c1-11-7-3-5-9-13(11)18-17-20-19-16(23-17)15(21)12-8-4-6-10-14(12)22-2/h3-10,15,21H,1-2H3,(H,18,20). The van der Waals surface area contributed by atoms with Crippen LogP contribution in [0.2, 0.25) is 0 Å². The fourth-order valence-corrected chi connectivity index (χ4v) is 3.01. The van der Waals surface area contributed by atoms with Gasteiger partial charge in [-0.3, -0.25) is 0 Å². The topological polar surface area (TPSA) is 67.3 Å². The van der Waals surface area contributed by atoms with Gasteiger partial charge in [0.15, 0.2) is 5.01 Å². The third kappa shape index (κ3) is 3.33. The molecule has 2 N–H and O–H groups in total. The number of aryl methyl sites for hydroxylation is 1. The number of aromatic nitrogens is 2. The highest BCUT2D eigenvalue weighted by Gasteiger charge is 2.19. The molecule has 3 aromatic rings. The molecule has 0 saturated heterocycles. The molecule has 0 aliphatic rings. The van der Waals surface area contributed by atoms with Gasteiger partial charge in [0.05, 0.1) is 7.11 Å². The van der Waals surface area contributed by atoms with Crippen molar-refractivity contribution in [3.63, 3.8) is 0 Å². The number of aliphatic hydroxyl groups excluding tert-OH is 1. The monoisotopic (exact) mass is 327 g/mol. The predicted molar refractivity (Wildman–Crippen MR) is 91.4 cm³/mol. The molecular formula is C17H17N3O2S. The Kier molecular flexibility index (Phi) is 4.55. The molecule has 1 aromatic heterocycles. The van der Waals surface area contributed by atoms with Crippen molar-refractivity contribution in [3.8, 4) is 5.75 Å². The Morgan fingerprint density at radius 3 is 2.61 bits per heavy atom. The van der Waals surface area contributed by atoms with Gasteiger partial charge >= 0.3 is 0 Å². The lowest BCUT2D eigenvalue weighted by Crippen LogP contribution is -2.01. The quantitative estimate of drug-likeness (QED) is 0.748. The summed E-state index contributed by atoms with van der Waals surface area (Å²) in [5.74, 6) is 0.628. The summed E-state index contributed by atoms with van der Waals surface area (Å²) < 4.78 is 5.29. The van der Waals surface area contributed by atoms with Crippen LogP contribution in [0.1, 0.15) is 22.2 Å². The number of rotatable bonds is 5. The van der Waals surface area contributed by atoms with Crippen molar-refractivity contribution in [3.05, 3.63) is 64.7 Å². The Labute approximate surface area is 138 Å². The molecule has 0 radical (unpaired) electrons. The number of anilines is 2. The average Bonchev–Trinajstić information content (AvgIpc) is 3.05. The number of ether oxygens (including phenoxy) is 1. The van der Waals surface area contributed by atoms with Crippen molar-refractivity contribution in [2.45, 2.75) is 13.0 Å². The van der Waals surface area contributed by atoms with E-state index in [0.717, 1.165) is 11.3 Å². The number of methoxy groups -OCH3 is 1. The Morgan fingerprint density at radius 2 is 1.83 bits per heavy atom. The van der Waals surface area contributed by atoms with Crippen molar-refractivity contribution >= 4 is 22.2 Å². The van der Waals surface area contributed by atoms with Crippen LogP contribution in [0.4, 0.5) is 10.8 Å². The van der Waals surface area contributed by atoms with Crippen molar-refractivity contribution < 1.29 is 9.84 Å². The van der Waals surface area contributed by atoms with Crippen LogP contribution in [0.5, 0.6) is 5.75 Å². The summed E-state index contributed by atoms with van der Waals surface area (Å²) in [5.41, 5.74) is 2.77. The highest BCUT2D eigenvalue weighted by molar-refractivity contribution is 7.15. The van der Waals surface area contributed by atoms with Gasteiger partial charge in [0, 0.05) is 11.3 Å². The molecule has 6 heteroatoms. The first-order valence-corrected chi connectivity index (χ1v) is 7.97. The van der Waals surface area contributed by atoms with Gasteiger partial charge in [-0.15, -0.1) is 10.2 Å². The SMILES string of the molecule is COc1ccccc1C(O)c1nnc(Nc2ccccc2C)s1. The maximum Gasteiger partial charge on any atom is 0.210 e. The van der Waals surface area contributed by atoms with Gasteiger partial charge in [-0.1, -0.05) is 47.7 Å². The molecule has 3 rings (SSSR count). The number of nitrogens with zero attached hydrogens (tertiary/aromatic N) is 2. The van der Waals surface area contributed by atoms with E-state index >= 15 is 0 Å². The van der Waals surface area contributed by atoms with Crippen LogP contribution in [0.3, 0.4) is 0 Å². The van der Waals surface area contributed by atoms with Crippen molar-refractivity contribution in [1.82, 2.24) is 10.2 Å². The summed E-state index contributed by atoms with van der Waals surface area (Å²) in [6.07, 6.45) is -0.865. The molecule has 0 fully saturated rings. The van der Waals surface area contributed by atoms with E-state index in [0.29, 0.717) is 21.5 Å². The molecule has 5 nitrogen and oxygen atoms in total. The van der Waals surface area contributed by atoms with E-state index in [2.05, 4.69) is 15.5 Å². The van der Waals surface area contributed by atoms with Gasteiger partial charge in [-0.05, 0) is 24.6 Å². The number of hydrogen-bond donors (Lipinski definition) is 2. The molecule has 1 unspecified atom stereocenters. The van der Waals surface area contributed by atoms with Crippen LogP contribution < -0.4 is 10.1 Å². The second-order valence-corrected chi connectivity index (χ2v) is 6.04. The highest BCUT2D eigenvalue weighted by atomic mass is 32.1. The first-order valence-electron chi connectivity index (χ1n) is 7.16. The van der Waals surface area contributed by atoms with Gasteiger partial charge in [-0.2, -0.15) is 0 Å². The van der Waals surface area contributed by atoms with Gasteiger partial charge in [-0.25, -0.2) is 0 Å². The van der Waals surface area contributed by atoms with Gasteiger partial charge in [0.25, 0.3) is 0 Å². The number of nitrogens with one attached hydrogen (secondary N) is 1. The Morgan fingerprint density at radius 1 is 1.09 bits per heavy atom. The molecule has 0 aliphatic heterocycles. The minimum Gasteiger partial charge on any atom is -0.496 e. The van der Waals surface area contributed by atoms with Crippen LogP contribution in [0.25, 0.3) is 0 Å². The van der Waals surface area contributed by atoms with E-state index in [1.165, 1.54) is 11.3 Å². The van der Waals surface area contributed by atoms with Crippen LogP contribution in [-0.4, -0.2) is 22.4 Å². The summed E-state index contributed by atoms with van der Waals surface area (Å²) in [4.78, 5) is 0. The second-order valence-electron chi connectivity index (χ2n) is 5.03. The number of benzene rings is 2. The summed E-state index contributed by atoms with van der Waals surface area (Å²) >= 11 is 1.32. The normalized spacial score (nSPS) is 12.0. The number of aliphatic hydroxyl groups is 1. The van der Waals surface area contributed by atoms with Crippen LogP contribution >= 0.6 is 11.3 Å². The largest absolute Gasteiger partial charge is 0.496 e. The minimum absolute atomic E-state index is 0.519. The Bertz CT molecular complexity index is 804. The van der Waals surface area contributed by atoms with E-state index in [9.17, 15) is 5.11 Å². The summed E-state index contributed by atoms with van der Waals surface area (Å²) in [7, 11) is 1.58. The van der Waals surface area contributed by atoms with E-state index < -0.39 is 6.10 Å². The Balaban J connectivity index is 1.83. The third-order valence-electron chi connectivity index (χ3n) is 3.49. The summed E-state index contributed by atoms with van der Waals surface area (Å²) in [6.45, 7) is 2.02. The maximum absolute atomic E-state index is 10.5. The van der Waals surface area contributed by atoms with Gasteiger partial charge in [0.2, 0.25) is 5.13 Å². The first-order chi connectivity index (χ1) is 11.2. The van der Waals surface area contributed by atoms with Gasteiger partial charge < -0.3 is 15.2 Å². The average molecular weight is 327 g/mol. The molecule has 0 amide bonds. The highest BCUT2D eigenvalue weighted by Crippen LogP contribution is 2.33. The predicted octanol–water partition coefficient (Wildman–Crippen LogP) is 3.68. The molecule has 1 atom stereocenters. The molecule has 0 spiro atoms. The molecule has 0 aliphatic carbocycles. The van der Waals surface area contributed by atoms with E-state index in [4.69, 9.17) is 4.74 Å². The molecule has 23 heavy (non-hydrogen) atoms. The molecular weight excluding hydrogens is 310 g/mol. The smallest absolute Gasteiger partial charge is 0.210 e. The third-order valence-corrected chi connectivity index (χ3v) is 4.39. The number of hydrogen-bond acceptors (Lipinski definition) is 6. The summed E-state index contributed by atoms with van der Waals surface area (Å²) in [6, 6.07) is 15.3. The zero-order chi connectivity index (χ0) is 16.2. The molecule has 118 valence electrons. The lowest BCUT2D eigenvalue weighted by molar-refractivity contribution is 0.213. The fourth-order valence-electron chi connectivity index (χ4n) is 2.25. The minimum atomic E-state index is -0.865. The van der Waals surface area contributed by atoms with Crippen LogP contribution in [0.15, 0.2) is 48.5 Å². The lowest BCUT2D eigenvalue weighted by Gasteiger charge is -2.11. The fraction of sp³-hybridized carbons (Fsp3) is 0.176. The zero-order valence-electron chi connectivity index (χ0n) is 12.9.